The first-order chi connectivity index (χ1) is 21.8. The van der Waals surface area contributed by atoms with Crippen molar-refractivity contribution in [1.29, 1.82) is 0 Å². The molecule has 4 aromatic rings. The monoisotopic (exact) mass is 641 g/mol. The lowest BCUT2D eigenvalue weighted by Gasteiger charge is -2.43. The van der Waals surface area contributed by atoms with Gasteiger partial charge in [0.25, 0.3) is 5.91 Å². The number of hydrogen-bond donors (Lipinski definition) is 2. The smallest absolute Gasteiger partial charge is 0.305 e. The van der Waals surface area contributed by atoms with E-state index in [0.717, 1.165) is 27.5 Å². The van der Waals surface area contributed by atoms with Gasteiger partial charge in [0.15, 0.2) is 6.61 Å². The molecule has 1 aromatic heterocycles. The highest BCUT2D eigenvalue weighted by Gasteiger charge is 2.69. The second-order valence-corrected chi connectivity index (χ2v) is 14.4. The lowest BCUT2D eigenvalue weighted by atomic mass is 9.68. The minimum Gasteiger partial charge on any atom is -0.483 e. The second kappa shape index (κ2) is 10.7. The fraction of sp³-hybridized carbons (Fsp3) is 0.294. The van der Waals surface area contributed by atoms with Crippen LogP contribution < -0.4 is 19.8 Å². The summed E-state index contributed by atoms with van der Waals surface area (Å²) in [4.78, 5) is 58.5. The zero-order chi connectivity index (χ0) is 31.0. The average Bonchev–Trinajstić information content (AvgIpc) is 3.77. The van der Waals surface area contributed by atoms with Gasteiger partial charge < -0.3 is 15.0 Å². The van der Waals surface area contributed by atoms with Crippen LogP contribution in [0.2, 0.25) is 0 Å². The van der Waals surface area contributed by atoms with Gasteiger partial charge in [-0.05, 0) is 73.6 Å². The van der Waals surface area contributed by atoms with E-state index in [2.05, 4.69) is 10.3 Å². The number of imide groups is 1. The Morgan fingerprint density at radius 1 is 0.978 bits per heavy atom. The molecule has 8 nitrogen and oxygen atoms in total. The highest BCUT2D eigenvalue weighted by Crippen LogP contribution is 2.69. The molecule has 4 unspecified atom stereocenters. The Bertz CT molecular complexity index is 1910. The highest BCUT2D eigenvalue weighted by molar-refractivity contribution is 8.00. The molecular formula is C34H28FN3O5S2. The minimum absolute atomic E-state index is 0.00415. The molecule has 2 saturated carbocycles. The molecule has 2 N–H and O–H groups in total. The number of aryl methyl sites for hydroxylation is 1. The van der Waals surface area contributed by atoms with Crippen molar-refractivity contribution in [2.24, 2.45) is 29.6 Å². The van der Waals surface area contributed by atoms with Gasteiger partial charge in [-0.3, -0.25) is 24.1 Å². The van der Waals surface area contributed by atoms with Gasteiger partial charge in [-0.2, -0.15) is 0 Å². The predicted molar refractivity (Wildman–Crippen MR) is 169 cm³/mol. The molecule has 45 heavy (non-hydrogen) atoms. The summed E-state index contributed by atoms with van der Waals surface area (Å²) in [6.07, 6.45) is 0.773. The van der Waals surface area contributed by atoms with Crippen molar-refractivity contribution in [2.45, 2.75) is 29.5 Å². The topological polar surface area (TPSA) is 109 Å². The number of nitrogens with one attached hydrogen (secondary N) is 2. The molecule has 3 aromatic carbocycles. The van der Waals surface area contributed by atoms with Crippen molar-refractivity contribution in [3.05, 3.63) is 104 Å². The largest absolute Gasteiger partial charge is 0.483 e. The van der Waals surface area contributed by atoms with Crippen molar-refractivity contribution in [3.63, 3.8) is 0 Å². The SMILES string of the molecule is Cc1ccc(N2C(=O)C3C(C2=O)[C@@H]2C[C@H]3C3Sc4[nH]c(=O)sc4[C@H](c4ccccc4OCC(=O)Nc4ccc(F)cc4)C32)cc1. The van der Waals surface area contributed by atoms with Crippen LogP contribution in [0.4, 0.5) is 15.8 Å². The number of amides is 3. The predicted octanol–water partition coefficient (Wildman–Crippen LogP) is 5.58. The number of thiazole rings is 1. The Morgan fingerprint density at radius 3 is 2.44 bits per heavy atom. The maximum Gasteiger partial charge on any atom is 0.305 e. The maximum absolute atomic E-state index is 14.0. The number of aromatic nitrogens is 1. The number of ether oxygens (including phenoxy) is 1. The average molecular weight is 642 g/mol. The summed E-state index contributed by atoms with van der Waals surface area (Å²) in [6.45, 7) is 1.70. The number of thioether (sulfide) groups is 1. The fourth-order valence-electron chi connectivity index (χ4n) is 8.06. The number of rotatable bonds is 6. The van der Waals surface area contributed by atoms with E-state index in [1.54, 1.807) is 11.8 Å². The van der Waals surface area contributed by atoms with E-state index in [0.29, 0.717) is 17.1 Å². The van der Waals surface area contributed by atoms with Gasteiger partial charge in [0.05, 0.1) is 22.5 Å². The van der Waals surface area contributed by atoms with Crippen LogP contribution in [-0.4, -0.2) is 34.6 Å². The molecular weight excluding hydrogens is 614 g/mol. The molecule has 0 spiro atoms. The summed E-state index contributed by atoms with van der Waals surface area (Å²) in [7, 11) is 0. The van der Waals surface area contributed by atoms with Gasteiger partial charge in [-0.25, -0.2) is 4.39 Å². The zero-order valence-electron chi connectivity index (χ0n) is 24.1. The molecule has 1 saturated heterocycles. The van der Waals surface area contributed by atoms with Crippen molar-refractivity contribution in [2.75, 3.05) is 16.8 Å². The molecule has 4 aliphatic rings. The highest BCUT2D eigenvalue weighted by atomic mass is 32.2. The van der Waals surface area contributed by atoms with Crippen LogP contribution in [-0.2, 0) is 14.4 Å². The van der Waals surface area contributed by atoms with Crippen LogP contribution in [0, 0.1) is 42.3 Å². The first kappa shape index (κ1) is 28.3. The number of aromatic amines is 1. The van der Waals surface area contributed by atoms with Crippen LogP contribution in [0.3, 0.4) is 0 Å². The molecule has 3 amide bonds. The van der Waals surface area contributed by atoms with E-state index in [4.69, 9.17) is 4.74 Å². The van der Waals surface area contributed by atoms with Gasteiger partial charge in [0.1, 0.15) is 11.6 Å². The van der Waals surface area contributed by atoms with Gasteiger partial charge in [-0.15, -0.1) is 11.8 Å². The number of benzene rings is 3. The number of halogens is 1. The van der Waals surface area contributed by atoms with Crippen LogP contribution >= 0.6 is 23.1 Å². The first-order valence-corrected chi connectivity index (χ1v) is 16.6. The van der Waals surface area contributed by atoms with Crippen LogP contribution in [0.1, 0.15) is 28.3 Å². The summed E-state index contributed by atoms with van der Waals surface area (Å²) in [5.41, 5.74) is 2.96. The summed E-state index contributed by atoms with van der Waals surface area (Å²) in [6, 6.07) is 20.5. The van der Waals surface area contributed by atoms with Crippen molar-refractivity contribution < 1.29 is 23.5 Å². The first-order valence-electron chi connectivity index (χ1n) is 14.9. The summed E-state index contributed by atoms with van der Waals surface area (Å²) in [5, 5.41) is 3.55. The number of fused-ring (bicyclic) bond motifs is 9. The number of para-hydroxylation sites is 1. The quantitative estimate of drug-likeness (QED) is 0.266. The number of anilines is 2. The minimum atomic E-state index is -0.417. The van der Waals surface area contributed by atoms with Crippen LogP contribution in [0.15, 0.2) is 82.6 Å². The van der Waals surface area contributed by atoms with Gasteiger partial charge in [-0.1, -0.05) is 47.2 Å². The maximum atomic E-state index is 14.0. The van der Waals surface area contributed by atoms with E-state index < -0.39 is 17.6 Å². The number of hydrogen-bond acceptors (Lipinski definition) is 7. The molecule has 228 valence electrons. The van der Waals surface area contributed by atoms with Crippen molar-refractivity contribution in [1.82, 2.24) is 4.98 Å². The fourth-order valence-corrected chi connectivity index (χ4v) is 10.9. The summed E-state index contributed by atoms with van der Waals surface area (Å²) >= 11 is 2.80. The third-order valence-corrected chi connectivity index (χ3v) is 12.3. The Morgan fingerprint density at radius 2 is 1.69 bits per heavy atom. The third kappa shape index (κ3) is 4.54. The normalized spacial score (nSPS) is 27.7. The lowest BCUT2D eigenvalue weighted by molar-refractivity contribution is -0.123. The van der Waals surface area contributed by atoms with E-state index in [1.165, 1.54) is 40.5 Å². The van der Waals surface area contributed by atoms with Gasteiger partial charge in [0.2, 0.25) is 11.8 Å². The molecule has 2 aliphatic heterocycles. The standard InChI is InChI=1S/C34H28FN3O5S2/c1-16-6-12-19(13-7-16)38-32(40)27-21-14-22(28(27)33(38)41)29-26(21)25(30-31(44-29)37-34(42)45-30)20-4-2-3-5-23(20)43-15-24(39)36-18-10-8-17(35)9-11-18/h2-13,21-22,25-29H,14-15H2,1H3,(H,36,39)(H,37,42)/t21-,22-,25-,26?,27?,28?,29?/m1/s1. The Hall–Kier alpha value is -4.22. The van der Waals surface area contributed by atoms with E-state index in [-0.39, 0.29) is 58.1 Å². The number of nitrogens with zero attached hydrogens (tertiary/aromatic N) is 1. The van der Waals surface area contributed by atoms with Crippen LogP contribution in [0.25, 0.3) is 0 Å². The van der Waals surface area contributed by atoms with Crippen molar-refractivity contribution >= 4 is 52.2 Å². The van der Waals surface area contributed by atoms with Crippen LogP contribution in [0.5, 0.6) is 5.75 Å². The lowest BCUT2D eigenvalue weighted by Crippen LogP contribution is -2.42. The molecule has 8 rings (SSSR count). The number of H-pyrrole nitrogens is 1. The molecule has 0 radical (unpaired) electrons. The molecule has 2 aliphatic carbocycles. The third-order valence-electron chi connectivity index (χ3n) is 9.76. The molecule has 11 heteroatoms. The van der Waals surface area contributed by atoms with Gasteiger partial charge in [0, 0.05) is 27.3 Å². The van der Waals surface area contributed by atoms with Crippen molar-refractivity contribution in [3.8, 4) is 5.75 Å². The summed E-state index contributed by atoms with van der Waals surface area (Å²) < 4.78 is 19.4. The molecule has 2 bridgehead atoms. The van der Waals surface area contributed by atoms with E-state index >= 15 is 0 Å². The molecule has 7 atom stereocenters. The molecule has 3 fully saturated rings. The number of carbonyl (C=O) groups excluding carboxylic acids is 3. The Balaban J connectivity index is 1.12. The summed E-state index contributed by atoms with van der Waals surface area (Å²) in [5.74, 6) is -1.65. The second-order valence-electron chi connectivity index (χ2n) is 12.2. The molecule has 3 heterocycles. The van der Waals surface area contributed by atoms with E-state index in [9.17, 15) is 23.6 Å². The number of carbonyl (C=O) groups is 3. The Kier molecular flexibility index (Phi) is 6.72. The zero-order valence-corrected chi connectivity index (χ0v) is 25.7. The van der Waals surface area contributed by atoms with E-state index in [1.807, 2.05) is 55.5 Å². The Labute approximate surface area is 266 Å². The van der Waals surface area contributed by atoms with Gasteiger partial charge >= 0.3 is 4.87 Å².